The third-order valence-electron chi connectivity index (χ3n) is 4.57. The quantitative estimate of drug-likeness (QED) is 0.303. The lowest BCUT2D eigenvalue weighted by molar-refractivity contribution is -0.384. The molecule has 0 unspecified atom stereocenters. The summed E-state index contributed by atoms with van der Waals surface area (Å²) in [5, 5.41) is 14.7. The number of nitrogens with one attached hydrogen (secondary N) is 1. The second-order valence-corrected chi connectivity index (χ2v) is 6.41. The number of terminal acetylenes is 1. The number of nitrogens with zero attached hydrogens (tertiary/aromatic N) is 4. The highest BCUT2D eigenvalue weighted by molar-refractivity contribution is 5.84. The lowest BCUT2D eigenvalue weighted by atomic mass is 10.1. The van der Waals surface area contributed by atoms with Crippen molar-refractivity contribution in [1.29, 1.82) is 0 Å². The molecule has 0 atom stereocenters. The Kier molecular flexibility index (Phi) is 5.03. The Balaban J connectivity index is 1.94. The van der Waals surface area contributed by atoms with Crippen molar-refractivity contribution < 1.29 is 9.66 Å². The molecular weight excluding hydrogens is 398 g/mol. The molecular formula is C22H15N5O4. The number of hydrogen-bond donors (Lipinski definition) is 1. The van der Waals surface area contributed by atoms with Gasteiger partial charge in [0.1, 0.15) is 5.75 Å². The second-order valence-electron chi connectivity index (χ2n) is 6.41. The van der Waals surface area contributed by atoms with Crippen LogP contribution in [0, 0.1) is 22.5 Å². The average Bonchev–Trinajstić information content (AvgIpc) is 2.78. The molecule has 2 aromatic carbocycles. The molecule has 4 rings (SSSR count). The number of anilines is 2. The minimum atomic E-state index is -0.532. The number of benzene rings is 2. The molecule has 0 bridgehead atoms. The number of hydrogen-bond acceptors (Lipinski definition) is 7. The van der Waals surface area contributed by atoms with E-state index in [1.807, 2.05) is 12.1 Å². The van der Waals surface area contributed by atoms with Gasteiger partial charge >= 0.3 is 0 Å². The minimum absolute atomic E-state index is 0.153. The van der Waals surface area contributed by atoms with Crippen LogP contribution in [0.15, 0.2) is 65.6 Å². The molecule has 4 aromatic rings. The van der Waals surface area contributed by atoms with Crippen LogP contribution in [0.1, 0.15) is 5.56 Å². The van der Waals surface area contributed by atoms with E-state index in [1.165, 1.54) is 35.0 Å². The van der Waals surface area contributed by atoms with Gasteiger partial charge in [0.2, 0.25) is 5.95 Å². The Morgan fingerprint density at radius 2 is 2.00 bits per heavy atom. The van der Waals surface area contributed by atoms with E-state index >= 15 is 0 Å². The molecule has 31 heavy (non-hydrogen) atoms. The number of nitro benzene ring substituents is 1. The van der Waals surface area contributed by atoms with E-state index in [0.29, 0.717) is 22.4 Å². The van der Waals surface area contributed by atoms with Gasteiger partial charge in [0, 0.05) is 30.0 Å². The van der Waals surface area contributed by atoms with Crippen LogP contribution in [0.25, 0.3) is 16.7 Å². The Labute approximate surface area is 176 Å². The van der Waals surface area contributed by atoms with Crippen molar-refractivity contribution in [3.63, 3.8) is 0 Å². The summed E-state index contributed by atoms with van der Waals surface area (Å²) in [6.07, 6.45) is 7.06. The van der Waals surface area contributed by atoms with Crippen LogP contribution in [-0.2, 0) is 0 Å². The summed E-state index contributed by atoms with van der Waals surface area (Å²) in [5.74, 6) is 3.25. The van der Waals surface area contributed by atoms with E-state index in [1.54, 1.807) is 25.3 Å². The number of non-ortho nitro benzene ring substituents is 1. The van der Waals surface area contributed by atoms with Crippen molar-refractivity contribution in [1.82, 2.24) is 14.5 Å². The fourth-order valence-electron chi connectivity index (χ4n) is 3.15. The van der Waals surface area contributed by atoms with E-state index in [0.717, 1.165) is 0 Å². The normalized spacial score (nSPS) is 10.5. The molecule has 0 aliphatic carbocycles. The van der Waals surface area contributed by atoms with Crippen LogP contribution >= 0.6 is 0 Å². The van der Waals surface area contributed by atoms with Crippen molar-refractivity contribution >= 4 is 28.4 Å². The van der Waals surface area contributed by atoms with Crippen molar-refractivity contribution in [2.24, 2.45) is 0 Å². The summed E-state index contributed by atoms with van der Waals surface area (Å²) < 4.78 is 6.59. The smallest absolute Gasteiger partial charge is 0.271 e. The molecule has 0 saturated carbocycles. The fourth-order valence-corrected chi connectivity index (χ4v) is 3.15. The van der Waals surface area contributed by atoms with Crippen molar-refractivity contribution in [3.8, 4) is 23.8 Å². The van der Waals surface area contributed by atoms with E-state index in [-0.39, 0.29) is 23.0 Å². The number of pyridine rings is 1. The minimum Gasteiger partial charge on any atom is -0.495 e. The zero-order chi connectivity index (χ0) is 22.0. The van der Waals surface area contributed by atoms with Crippen molar-refractivity contribution in [2.75, 3.05) is 12.4 Å². The molecule has 0 aliphatic heterocycles. The van der Waals surface area contributed by atoms with Crippen LogP contribution in [0.3, 0.4) is 0 Å². The predicted molar refractivity (Wildman–Crippen MR) is 116 cm³/mol. The lowest BCUT2D eigenvalue weighted by Crippen LogP contribution is -2.20. The topological polar surface area (TPSA) is 112 Å². The van der Waals surface area contributed by atoms with Gasteiger partial charge in [-0.25, -0.2) is 4.98 Å². The Hall–Kier alpha value is -4.71. The number of aromatic nitrogens is 3. The average molecular weight is 413 g/mol. The van der Waals surface area contributed by atoms with Gasteiger partial charge in [-0.1, -0.05) is 24.1 Å². The zero-order valence-corrected chi connectivity index (χ0v) is 16.3. The van der Waals surface area contributed by atoms with E-state index in [4.69, 9.17) is 11.2 Å². The van der Waals surface area contributed by atoms with Crippen LogP contribution < -0.4 is 15.6 Å². The molecule has 0 fully saturated rings. The van der Waals surface area contributed by atoms with Gasteiger partial charge < -0.3 is 10.1 Å². The molecule has 0 saturated heterocycles. The van der Waals surface area contributed by atoms with Gasteiger partial charge in [0.15, 0.2) is 5.65 Å². The molecule has 2 aromatic heterocycles. The second kappa shape index (κ2) is 7.96. The van der Waals surface area contributed by atoms with Gasteiger partial charge in [-0.2, -0.15) is 4.98 Å². The number of fused-ring (bicyclic) bond motifs is 1. The number of para-hydroxylation sites is 2. The molecule has 9 heteroatoms. The number of nitro groups is 1. The molecule has 2 heterocycles. The molecule has 0 radical (unpaired) electrons. The zero-order valence-electron chi connectivity index (χ0n) is 16.3. The lowest BCUT2D eigenvalue weighted by Gasteiger charge is -2.13. The van der Waals surface area contributed by atoms with E-state index < -0.39 is 10.5 Å². The first-order valence-electron chi connectivity index (χ1n) is 9.06. The monoisotopic (exact) mass is 413 g/mol. The Morgan fingerprint density at radius 3 is 2.74 bits per heavy atom. The highest BCUT2D eigenvalue weighted by Gasteiger charge is 2.15. The first kappa shape index (κ1) is 19.6. The molecule has 152 valence electrons. The first-order valence-corrected chi connectivity index (χ1v) is 9.06. The Bertz CT molecular complexity index is 1420. The van der Waals surface area contributed by atoms with E-state index in [2.05, 4.69) is 21.2 Å². The van der Waals surface area contributed by atoms with Gasteiger partial charge in [-0.15, -0.1) is 6.42 Å². The maximum atomic E-state index is 12.9. The third kappa shape index (κ3) is 3.65. The van der Waals surface area contributed by atoms with Gasteiger partial charge in [-0.3, -0.25) is 19.5 Å². The third-order valence-corrected chi connectivity index (χ3v) is 4.57. The van der Waals surface area contributed by atoms with Gasteiger partial charge in [0.05, 0.1) is 28.8 Å². The largest absolute Gasteiger partial charge is 0.495 e. The standard InChI is InChI=1S/C22H15N5O4/c1-3-14-11-20(28)26(15-7-6-8-16(12-15)27(29)30)21-17(14)13-23-22(25-21)24-18-9-4-5-10-19(18)31-2/h1,4-13H,2H3,(H,23,24,25). The van der Waals surface area contributed by atoms with Crippen molar-refractivity contribution in [3.05, 3.63) is 86.8 Å². The summed E-state index contributed by atoms with van der Waals surface area (Å²) in [6.45, 7) is 0. The maximum absolute atomic E-state index is 12.9. The Morgan fingerprint density at radius 1 is 1.19 bits per heavy atom. The van der Waals surface area contributed by atoms with Crippen LogP contribution in [0.5, 0.6) is 5.75 Å². The van der Waals surface area contributed by atoms with Crippen LogP contribution in [0.4, 0.5) is 17.3 Å². The first-order chi connectivity index (χ1) is 15.0. The summed E-state index contributed by atoms with van der Waals surface area (Å²) in [4.78, 5) is 32.3. The number of methoxy groups -OCH3 is 1. The summed E-state index contributed by atoms with van der Waals surface area (Å²) in [6, 6.07) is 14.2. The van der Waals surface area contributed by atoms with Gasteiger partial charge in [0.25, 0.3) is 11.2 Å². The van der Waals surface area contributed by atoms with Gasteiger partial charge in [-0.05, 0) is 18.2 Å². The molecule has 1 N–H and O–H groups in total. The summed E-state index contributed by atoms with van der Waals surface area (Å²) >= 11 is 0. The molecule has 9 nitrogen and oxygen atoms in total. The van der Waals surface area contributed by atoms with Crippen LogP contribution in [0.2, 0.25) is 0 Å². The highest BCUT2D eigenvalue weighted by atomic mass is 16.6. The van der Waals surface area contributed by atoms with E-state index in [9.17, 15) is 14.9 Å². The fraction of sp³-hybridized carbons (Fsp3) is 0.0455. The van der Waals surface area contributed by atoms with Crippen molar-refractivity contribution in [2.45, 2.75) is 0 Å². The maximum Gasteiger partial charge on any atom is 0.271 e. The van der Waals surface area contributed by atoms with Crippen LogP contribution in [-0.4, -0.2) is 26.6 Å². The molecule has 0 spiro atoms. The predicted octanol–water partition coefficient (Wildman–Crippen LogP) is 3.42. The number of ether oxygens (including phenoxy) is 1. The highest BCUT2D eigenvalue weighted by Crippen LogP contribution is 2.27. The summed E-state index contributed by atoms with van der Waals surface area (Å²) in [5.41, 5.74) is 0.832. The SMILES string of the molecule is C#Cc1cc(=O)n(-c2cccc([N+](=O)[O-])c2)c2nc(Nc3ccccc3OC)ncc12. The molecule has 0 aliphatic rings. The number of rotatable bonds is 5. The summed E-state index contributed by atoms with van der Waals surface area (Å²) in [7, 11) is 1.54. The molecule has 0 amide bonds.